The molecule has 2 aliphatic rings. The fraction of sp³-hybridized carbons (Fsp3) is 0.577. The van der Waals surface area contributed by atoms with Crippen molar-refractivity contribution in [3.8, 4) is 0 Å². The van der Waals surface area contributed by atoms with Gasteiger partial charge < -0.3 is 14.3 Å². The quantitative estimate of drug-likeness (QED) is 0.528. The second kappa shape index (κ2) is 10.1. The minimum absolute atomic E-state index is 0.0895. The minimum atomic E-state index is -1.57. The summed E-state index contributed by atoms with van der Waals surface area (Å²) in [6.45, 7) is 2.77. The number of rotatable bonds is 7. The van der Waals surface area contributed by atoms with Crippen molar-refractivity contribution in [3.05, 3.63) is 60.2 Å². The van der Waals surface area contributed by atoms with Crippen molar-refractivity contribution in [2.75, 3.05) is 26.7 Å². The average molecular weight is 439 g/mol. The first-order valence-electron chi connectivity index (χ1n) is 12.1. The van der Waals surface area contributed by atoms with E-state index < -0.39 is 11.6 Å². The maximum absolute atomic E-state index is 13.5. The summed E-state index contributed by atoms with van der Waals surface area (Å²) in [5.41, 5.74) is 0.131. The summed E-state index contributed by atoms with van der Waals surface area (Å²) in [5.74, 6) is -0.557. The molecule has 1 saturated carbocycles. The van der Waals surface area contributed by atoms with Crippen LogP contribution in [0.5, 0.6) is 0 Å². The van der Waals surface area contributed by atoms with E-state index in [1.54, 1.807) is 12.5 Å². The minimum Gasteiger partial charge on any atom is -0.454 e. The first-order valence-corrected chi connectivity index (χ1v) is 12.1. The first-order chi connectivity index (χ1) is 15.5. The van der Waals surface area contributed by atoms with Crippen molar-refractivity contribution in [1.29, 1.82) is 0 Å². The molecule has 6 nitrogen and oxygen atoms in total. The van der Waals surface area contributed by atoms with Gasteiger partial charge in [0.2, 0.25) is 0 Å². The molecule has 1 aromatic carbocycles. The Labute approximate surface area is 191 Å². The molecule has 1 aromatic heterocycles. The monoisotopic (exact) mass is 438 g/mol. The summed E-state index contributed by atoms with van der Waals surface area (Å²) in [4.78, 5) is 21.9. The van der Waals surface area contributed by atoms with Crippen LogP contribution in [-0.4, -0.2) is 58.3 Å². The van der Waals surface area contributed by atoms with Gasteiger partial charge in [0.25, 0.3) is 0 Å². The number of esters is 1. The zero-order valence-corrected chi connectivity index (χ0v) is 19.2. The Hall–Kier alpha value is -2.31. The number of carbonyl (C=O) groups excluding carboxylic acids is 1. The SMILES string of the molecule is C[N+]1(CCc2ccncn2)CCC[C@@H](OC(=O)C(O)(c2ccccc2)C2CCCCC2)C1. The number of likely N-dealkylation sites (N-methyl/N-ethyl adjacent to an activating group) is 1. The topological polar surface area (TPSA) is 72.3 Å². The Morgan fingerprint density at radius 3 is 2.62 bits per heavy atom. The average Bonchev–Trinajstić information content (AvgIpc) is 2.84. The molecule has 2 fully saturated rings. The van der Waals surface area contributed by atoms with Crippen molar-refractivity contribution < 1.29 is 19.1 Å². The summed E-state index contributed by atoms with van der Waals surface area (Å²) >= 11 is 0. The molecular weight excluding hydrogens is 402 g/mol. The van der Waals surface area contributed by atoms with Crippen LogP contribution in [0.25, 0.3) is 0 Å². The Kier molecular flexibility index (Phi) is 7.21. The Morgan fingerprint density at radius 2 is 1.91 bits per heavy atom. The molecule has 0 bridgehead atoms. The zero-order valence-electron chi connectivity index (χ0n) is 19.2. The van der Waals surface area contributed by atoms with E-state index in [0.717, 1.165) is 74.8 Å². The number of aromatic nitrogens is 2. The number of nitrogens with zero attached hydrogens (tertiary/aromatic N) is 3. The third-order valence-corrected chi connectivity index (χ3v) is 7.41. The van der Waals surface area contributed by atoms with Gasteiger partial charge in [-0.3, -0.25) is 0 Å². The summed E-state index contributed by atoms with van der Waals surface area (Å²) in [6.07, 6.45) is 10.9. The van der Waals surface area contributed by atoms with Crippen molar-refractivity contribution in [1.82, 2.24) is 9.97 Å². The van der Waals surface area contributed by atoms with Crippen LogP contribution < -0.4 is 0 Å². The molecule has 0 spiro atoms. The number of likely N-dealkylation sites (tertiary alicyclic amines) is 1. The summed E-state index contributed by atoms with van der Waals surface area (Å²) in [7, 11) is 2.23. The lowest BCUT2D eigenvalue weighted by Crippen LogP contribution is -2.56. The van der Waals surface area contributed by atoms with E-state index in [9.17, 15) is 9.90 Å². The fourth-order valence-electron chi connectivity index (χ4n) is 5.50. The molecule has 6 heteroatoms. The molecule has 32 heavy (non-hydrogen) atoms. The van der Waals surface area contributed by atoms with Crippen molar-refractivity contribution in [3.63, 3.8) is 0 Å². The molecule has 1 aliphatic carbocycles. The van der Waals surface area contributed by atoms with Gasteiger partial charge in [0.1, 0.15) is 12.9 Å². The third-order valence-electron chi connectivity index (χ3n) is 7.41. The standard InChI is InChI=1S/C26H36N3O3/c1-29(18-15-23-14-16-27-20-28-23)17-8-13-24(19-29)32-25(30)26(31,21-9-4-2-5-10-21)22-11-6-3-7-12-22/h2,4-5,9-10,14,16,20,22,24,31H,3,6-8,11-13,15,17-19H2,1H3/q+1/t24-,26?,29?/m1/s1. The van der Waals surface area contributed by atoms with Gasteiger partial charge in [0, 0.05) is 30.7 Å². The van der Waals surface area contributed by atoms with E-state index in [1.165, 1.54) is 6.42 Å². The van der Waals surface area contributed by atoms with Gasteiger partial charge in [0.15, 0.2) is 11.7 Å². The van der Waals surface area contributed by atoms with Gasteiger partial charge >= 0.3 is 5.97 Å². The molecule has 0 amide bonds. The lowest BCUT2D eigenvalue weighted by molar-refractivity contribution is -0.916. The van der Waals surface area contributed by atoms with Gasteiger partial charge in [-0.25, -0.2) is 14.8 Å². The number of carbonyl (C=O) groups is 1. The van der Waals surface area contributed by atoms with Crippen LogP contribution in [0.1, 0.15) is 56.2 Å². The second-order valence-corrected chi connectivity index (χ2v) is 9.84. The molecular formula is C26H36N3O3+. The molecule has 172 valence electrons. The highest BCUT2D eigenvalue weighted by molar-refractivity contribution is 5.81. The van der Waals surface area contributed by atoms with E-state index in [2.05, 4.69) is 17.0 Å². The van der Waals surface area contributed by atoms with E-state index in [4.69, 9.17) is 4.74 Å². The van der Waals surface area contributed by atoms with Crippen LogP contribution >= 0.6 is 0 Å². The number of hydrogen-bond donors (Lipinski definition) is 1. The van der Waals surface area contributed by atoms with Gasteiger partial charge in [-0.1, -0.05) is 49.6 Å². The molecule has 1 aliphatic heterocycles. The second-order valence-electron chi connectivity index (χ2n) is 9.84. The van der Waals surface area contributed by atoms with Gasteiger partial charge in [0.05, 0.1) is 20.1 Å². The van der Waals surface area contributed by atoms with E-state index >= 15 is 0 Å². The number of quaternary nitrogens is 1. The van der Waals surface area contributed by atoms with Crippen molar-refractivity contribution in [2.45, 2.75) is 63.1 Å². The number of ether oxygens (including phenoxy) is 1. The van der Waals surface area contributed by atoms with Gasteiger partial charge in [-0.2, -0.15) is 0 Å². The van der Waals surface area contributed by atoms with Crippen molar-refractivity contribution >= 4 is 5.97 Å². The zero-order chi connectivity index (χ0) is 22.4. The molecule has 0 radical (unpaired) electrons. The molecule has 4 rings (SSSR count). The summed E-state index contributed by atoms with van der Waals surface area (Å²) in [6, 6.07) is 11.4. The molecule has 3 atom stereocenters. The highest BCUT2D eigenvalue weighted by atomic mass is 16.6. The van der Waals surface area contributed by atoms with Gasteiger partial charge in [-0.15, -0.1) is 0 Å². The number of benzene rings is 1. The highest BCUT2D eigenvalue weighted by Gasteiger charge is 2.48. The highest BCUT2D eigenvalue weighted by Crippen LogP contribution is 2.41. The number of aliphatic hydroxyl groups is 1. The summed E-state index contributed by atoms with van der Waals surface area (Å²) in [5, 5.41) is 11.8. The van der Waals surface area contributed by atoms with Crippen LogP contribution in [0.15, 0.2) is 48.9 Å². The molecule has 1 saturated heterocycles. The molecule has 2 heterocycles. The van der Waals surface area contributed by atoms with Crippen LogP contribution in [-0.2, 0) is 21.6 Å². The molecule has 2 aromatic rings. The van der Waals surface area contributed by atoms with Crippen LogP contribution in [0.3, 0.4) is 0 Å². The third kappa shape index (κ3) is 5.18. The van der Waals surface area contributed by atoms with E-state index in [-0.39, 0.29) is 12.0 Å². The normalized spacial score (nSPS) is 26.2. The molecule has 1 N–H and O–H groups in total. The van der Waals surface area contributed by atoms with E-state index in [1.807, 2.05) is 36.4 Å². The molecule has 2 unspecified atom stereocenters. The maximum atomic E-state index is 13.5. The summed E-state index contributed by atoms with van der Waals surface area (Å²) < 4.78 is 6.92. The smallest absolute Gasteiger partial charge is 0.343 e. The van der Waals surface area contributed by atoms with Crippen molar-refractivity contribution in [2.24, 2.45) is 5.92 Å². The van der Waals surface area contributed by atoms with Crippen LogP contribution in [0.4, 0.5) is 0 Å². The first kappa shape index (κ1) is 22.9. The lowest BCUT2D eigenvalue weighted by Gasteiger charge is -2.42. The lowest BCUT2D eigenvalue weighted by atomic mass is 9.73. The van der Waals surface area contributed by atoms with Gasteiger partial charge in [-0.05, 0) is 30.9 Å². The predicted molar refractivity (Wildman–Crippen MR) is 123 cm³/mol. The van der Waals surface area contributed by atoms with E-state index in [0.29, 0.717) is 5.56 Å². The largest absolute Gasteiger partial charge is 0.454 e. The number of piperidine rings is 1. The number of hydrogen-bond acceptors (Lipinski definition) is 5. The Balaban J connectivity index is 1.45. The van der Waals surface area contributed by atoms with Crippen LogP contribution in [0.2, 0.25) is 0 Å². The predicted octanol–water partition coefficient (Wildman–Crippen LogP) is 3.64. The fourth-order valence-corrected chi connectivity index (χ4v) is 5.50. The Morgan fingerprint density at radius 1 is 1.12 bits per heavy atom. The Bertz CT molecular complexity index is 872. The van der Waals surface area contributed by atoms with Crippen LogP contribution in [0, 0.1) is 5.92 Å². The maximum Gasteiger partial charge on any atom is 0.343 e.